The highest BCUT2D eigenvalue weighted by Gasteiger charge is 2.51. The minimum absolute atomic E-state index is 0.00537. The first-order chi connectivity index (χ1) is 8.03. The Kier molecular flexibility index (Phi) is 3.32. The Labute approximate surface area is 110 Å². The Balaban J connectivity index is 2.13. The normalized spacial score (nSPS) is 38.7. The van der Waals surface area contributed by atoms with Crippen LogP contribution >= 0.6 is 0 Å². The number of ether oxygens (including phenoxy) is 1. The molecule has 4 nitrogen and oxygen atoms in total. The highest BCUT2D eigenvalue weighted by atomic mass is 32.2. The first-order valence-corrected chi connectivity index (χ1v) is 8.43. The molecule has 2 fully saturated rings. The Hall–Kier alpha value is -0.130. The van der Waals surface area contributed by atoms with Crippen LogP contribution in [0, 0.1) is 11.8 Å². The van der Waals surface area contributed by atoms with Crippen LogP contribution in [0.3, 0.4) is 0 Å². The van der Waals surface area contributed by atoms with Gasteiger partial charge in [0, 0.05) is 11.8 Å². The average molecular weight is 276 g/mol. The number of aliphatic hydroxyl groups excluding tert-OH is 1. The fourth-order valence-electron chi connectivity index (χ4n) is 3.56. The first kappa shape index (κ1) is 14.3. The van der Waals surface area contributed by atoms with Crippen molar-refractivity contribution in [3.05, 3.63) is 0 Å². The molecule has 0 saturated carbocycles. The average Bonchev–Trinajstić information content (AvgIpc) is 2.61. The fraction of sp³-hybridized carbons (Fsp3) is 1.00. The van der Waals surface area contributed by atoms with Crippen molar-refractivity contribution < 1.29 is 18.3 Å². The van der Waals surface area contributed by atoms with E-state index in [1.54, 1.807) is 0 Å². The van der Waals surface area contributed by atoms with Gasteiger partial charge in [-0.3, -0.25) is 0 Å². The van der Waals surface area contributed by atoms with E-state index in [-0.39, 0.29) is 28.9 Å². The number of rotatable bonds is 2. The molecular formula is C13H24O4S. The van der Waals surface area contributed by atoms with E-state index in [0.717, 1.165) is 6.42 Å². The van der Waals surface area contributed by atoms with E-state index in [9.17, 15) is 13.5 Å². The Morgan fingerprint density at radius 3 is 2.28 bits per heavy atom. The summed E-state index contributed by atoms with van der Waals surface area (Å²) in [6, 6.07) is 0. The van der Waals surface area contributed by atoms with Crippen molar-refractivity contribution in [2.45, 2.75) is 57.8 Å². The third-order valence-electron chi connectivity index (χ3n) is 4.31. The summed E-state index contributed by atoms with van der Waals surface area (Å²) in [6.45, 7) is 8.01. The molecule has 0 spiro atoms. The van der Waals surface area contributed by atoms with Crippen molar-refractivity contribution in [3.8, 4) is 0 Å². The van der Waals surface area contributed by atoms with Crippen LogP contribution in [0.25, 0.3) is 0 Å². The zero-order valence-corrected chi connectivity index (χ0v) is 12.5. The molecule has 2 heterocycles. The lowest BCUT2D eigenvalue weighted by molar-refractivity contribution is -0.0924. The van der Waals surface area contributed by atoms with Gasteiger partial charge < -0.3 is 9.84 Å². The zero-order valence-electron chi connectivity index (χ0n) is 11.6. The van der Waals surface area contributed by atoms with Gasteiger partial charge in [0.15, 0.2) is 9.84 Å². The largest absolute Gasteiger partial charge is 0.392 e. The number of aliphatic hydroxyl groups is 1. The number of sulfone groups is 1. The molecule has 0 radical (unpaired) electrons. The molecule has 2 aliphatic rings. The Morgan fingerprint density at radius 2 is 1.89 bits per heavy atom. The van der Waals surface area contributed by atoms with Gasteiger partial charge >= 0.3 is 0 Å². The molecule has 2 saturated heterocycles. The molecule has 1 N–H and O–H groups in total. The van der Waals surface area contributed by atoms with Gasteiger partial charge in [0.25, 0.3) is 0 Å². The van der Waals surface area contributed by atoms with Crippen LogP contribution in [0.5, 0.6) is 0 Å². The van der Waals surface area contributed by atoms with Gasteiger partial charge in [-0.05, 0) is 40.5 Å². The first-order valence-electron chi connectivity index (χ1n) is 6.61. The van der Waals surface area contributed by atoms with Crippen LogP contribution < -0.4 is 0 Å². The lowest BCUT2D eigenvalue weighted by atomic mass is 9.78. The lowest BCUT2D eigenvalue weighted by Gasteiger charge is -2.32. The summed E-state index contributed by atoms with van der Waals surface area (Å²) in [5.41, 5.74) is -0.637. The molecule has 0 aromatic rings. The van der Waals surface area contributed by atoms with Gasteiger partial charge in [0.05, 0.1) is 28.8 Å². The van der Waals surface area contributed by atoms with Crippen LogP contribution in [0.1, 0.15) is 40.5 Å². The van der Waals surface area contributed by atoms with Crippen molar-refractivity contribution in [2.24, 2.45) is 11.8 Å². The molecule has 0 aromatic carbocycles. The molecule has 0 aromatic heterocycles. The van der Waals surface area contributed by atoms with E-state index in [1.165, 1.54) is 0 Å². The van der Waals surface area contributed by atoms with Crippen LogP contribution in [0.15, 0.2) is 0 Å². The predicted octanol–water partition coefficient (Wildman–Crippen LogP) is 1.38. The summed E-state index contributed by atoms with van der Waals surface area (Å²) in [7, 11) is -2.94. The lowest BCUT2D eigenvalue weighted by Crippen LogP contribution is -2.40. The van der Waals surface area contributed by atoms with E-state index in [0.29, 0.717) is 6.42 Å². The Morgan fingerprint density at radius 1 is 1.28 bits per heavy atom. The molecule has 3 atom stereocenters. The highest BCUT2D eigenvalue weighted by Crippen LogP contribution is 2.46. The SMILES string of the molecule is CC1(C)CC(C(O)C2CCS(=O)(=O)C2)C(C)(C)O1. The molecule has 0 bridgehead atoms. The second kappa shape index (κ2) is 4.18. The van der Waals surface area contributed by atoms with Gasteiger partial charge in [-0.1, -0.05) is 0 Å². The smallest absolute Gasteiger partial charge is 0.150 e. The minimum atomic E-state index is -2.94. The molecule has 0 amide bonds. The summed E-state index contributed by atoms with van der Waals surface area (Å²) in [4.78, 5) is 0. The van der Waals surface area contributed by atoms with Gasteiger partial charge in [0.1, 0.15) is 0 Å². The third-order valence-corrected chi connectivity index (χ3v) is 6.10. The maximum atomic E-state index is 11.5. The molecule has 2 rings (SSSR count). The second-order valence-corrected chi connectivity index (χ2v) is 9.16. The molecule has 5 heteroatoms. The molecule has 2 aliphatic heterocycles. The summed E-state index contributed by atoms with van der Waals surface area (Å²) < 4.78 is 29.0. The molecular weight excluding hydrogens is 252 g/mol. The quantitative estimate of drug-likeness (QED) is 0.827. The van der Waals surface area contributed by atoms with E-state index in [1.807, 2.05) is 27.7 Å². The van der Waals surface area contributed by atoms with Gasteiger partial charge in [-0.25, -0.2) is 8.42 Å². The third kappa shape index (κ3) is 2.73. The number of hydrogen-bond acceptors (Lipinski definition) is 4. The second-order valence-electron chi connectivity index (χ2n) is 6.93. The summed E-state index contributed by atoms with van der Waals surface area (Å²) in [5, 5.41) is 10.5. The van der Waals surface area contributed by atoms with Crippen molar-refractivity contribution in [1.29, 1.82) is 0 Å². The molecule has 18 heavy (non-hydrogen) atoms. The maximum absolute atomic E-state index is 11.5. The maximum Gasteiger partial charge on any atom is 0.150 e. The van der Waals surface area contributed by atoms with Crippen molar-refractivity contribution in [3.63, 3.8) is 0 Å². The topological polar surface area (TPSA) is 63.6 Å². The zero-order chi connectivity index (χ0) is 13.8. The van der Waals surface area contributed by atoms with E-state index < -0.39 is 21.5 Å². The van der Waals surface area contributed by atoms with Gasteiger partial charge in [-0.15, -0.1) is 0 Å². The van der Waals surface area contributed by atoms with Crippen molar-refractivity contribution in [1.82, 2.24) is 0 Å². The highest BCUT2D eigenvalue weighted by molar-refractivity contribution is 7.91. The van der Waals surface area contributed by atoms with Gasteiger partial charge in [-0.2, -0.15) is 0 Å². The Bertz CT molecular complexity index is 424. The minimum Gasteiger partial charge on any atom is -0.392 e. The predicted molar refractivity (Wildman–Crippen MR) is 70.1 cm³/mol. The van der Waals surface area contributed by atoms with E-state index >= 15 is 0 Å². The van der Waals surface area contributed by atoms with Gasteiger partial charge in [0.2, 0.25) is 0 Å². The summed E-state index contributed by atoms with van der Waals surface area (Å²) in [5.74, 6) is 0.218. The van der Waals surface area contributed by atoms with Crippen LogP contribution in [0.4, 0.5) is 0 Å². The molecule has 106 valence electrons. The fourth-order valence-corrected chi connectivity index (χ4v) is 5.40. The summed E-state index contributed by atoms with van der Waals surface area (Å²) in [6.07, 6.45) is 0.771. The van der Waals surface area contributed by atoms with E-state index in [2.05, 4.69) is 0 Å². The van der Waals surface area contributed by atoms with Crippen molar-refractivity contribution >= 4 is 9.84 Å². The van der Waals surface area contributed by atoms with E-state index in [4.69, 9.17) is 4.74 Å². The van der Waals surface area contributed by atoms with Crippen LogP contribution in [-0.4, -0.2) is 42.3 Å². The van der Waals surface area contributed by atoms with Crippen LogP contribution in [-0.2, 0) is 14.6 Å². The number of hydrogen-bond donors (Lipinski definition) is 1. The monoisotopic (exact) mass is 276 g/mol. The standard InChI is InChI=1S/C13H24O4S/c1-12(2)7-10(13(3,4)17-12)11(14)9-5-6-18(15,16)8-9/h9-11,14H,5-8H2,1-4H3. The molecule has 0 aliphatic carbocycles. The van der Waals surface area contributed by atoms with Crippen LogP contribution in [0.2, 0.25) is 0 Å². The molecule has 3 unspecified atom stereocenters. The van der Waals surface area contributed by atoms with Crippen molar-refractivity contribution in [2.75, 3.05) is 11.5 Å². The summed E-state index contributed by atoms with van der Waals surface area (Å²) >= 11 is 0.